The first kappa shape index (κ1) is 22.7. The van der Waals surface area contributed by atoms with E-state index in [1.54, 1.807) is 0 Å². The number of Topliss-reactive ketones (excluding diaryl/α,β-unsaturated/α-hetero) is 1. The molecule has 6 rings (SSSR count). The topological polar surface area (TPSA) is 44.8 Å². The number of hydrogen-bond donors (Lipinski definition) is 0. The molecule has 5 fully saturated rings. The van der Waals surface area contributed by atoms with Crippen LogP contribution in [0.25, 0.3) is 0 Å². The normalized spacial score (nSPS) is 44.4. The summed E-state index contributed by atoms with van der Waals surface area (Å²) >= 11 is 0. The van der Waals surface area contributed by atoms with Gasteiger partial charge >= 0.3 is 0 Å². The van der Waals surface area contributed by atoms with Crippen LogP contribution in [0.15, 0.2) is 11.6 Å². The van der Waals surface area contributed by atoms with Gasteiger partial charge in [-0.15, -0.1) is 0 Å². The summed E-state index contributed by atoms with van der Waals surface area (Å²) in [4.78, 5) is 14.2. The van der Waals surface area contributed by atoms with Crippen molar-refractivity contribution in [2.75, 3.05) is 19.8 Å². The van der Waals surface area contributed by atoms with E-state index in [4.69, 9.17) is 14.2 Å². The highest BCUT2D eigenvalue weighted by atomic mass is 16.7. The lowest BCUT2D eigenvalue weighted by atomic mass is 9.45. The third-order valence-electron chi connectivity index (χ3n) is 11.1. The third-order valence-corrected chi connectivity index (χ3v) is 11.1. The highest BCUT2D eigenvalue weighted by Crippen LogP contribution is 2.72. The Hall–Kier alpha value is -0.710. The fourth-order valence-electron chi connectivity index (χ4n) is 9.71. The fourth-order valence-corrected chi connectivity index (χ4v) is 9.71. The molecule has 4 nitrogen and oxygen atoms in total. The SMILES string of the molecule is CCCOC(C)(C)C1CCC2C3CC=C4CC5(CCC4(C)C3C(=O)CC21C1CC1)OCCO5. The lowest BCUT2D eigenvalue weighted by molar-refractivity contribution is -0.189. The molecule has 1 heterocycles. The van der Waals surface area contributed by atoms with Crippen LogP contribution in [0, 0.1) is 40.4 Å². The van der Waals surface area contributed by atoms with Gasteiger partial charge in [0.2, 0.25) is 0 Å². The minimum Gasteiger partial charge on any atom is -0.375 e. The van der Waals surface area contributed by atoms with E-state index in [-0.39, 0.29) is 22.3 Å². The van der Waals surface area contributed by atoms with Crippen LogP contribution < -0.4 is 0 Å². The number of allylic oxidation sites excluding steroid dienone is 1. The van der Waals surface area contributed by atoms with E-state index in [0.717, 1.165) is 51.0 Å². The molecule has 0 aromatic heterocycles. The highest BCUT2D eigenvalue weighted by Gasteiger charge is 2.69. The predicted molar refractivity (Wildman–Crippen MR) is 128 cm³/mol. The van der Waals surface area contributed by atoms with E-state index >= 15 is 0 Å². The first-order valence-electron chi connectivity index (χ1n) is 13.9. The smallest absolute Gasteiger partial charge is 0.172 e. The summed E-state index contributed by atoms with van der Waals surface area (Å²) in [5.74, 6) is 2.76. The zero-order valence-electron chi connectivity index (χ0n) is 21.3. The van der Waals surface area contributed by atoms with Gasteiger partial charge in [0.1, 0.15) is 5.78 Å². The summed E-state index contributed by atoms with van der Waals surface area (Å²) in [7, 11) is 0. The monoisotopic (exact) mass is 456 g/mol. The number of rotatable bonds is 5. The van der Waals surface area contributed by atoms with Crippen molar-refractivity contribution in [3.63, 3.8) is 0 Å². The van der Waals surface area contributed by atoms with Gasteiger partial charge in [-0.25, -0.2) is 0 Å². The maximum atomic E-state index is 14.2. The molecule has 6 unspecified atom stereocenters. The molecular weight excluding hydrogens is 412 g/mol. The van der Waals surface area contributed by atoms with Gasteiger partial charge in [0, 0.05) is 31.8 Å². The minimum atomic E-state index is -0.410. The second kappa shape index (κ2) is 7.64. The van der Waals surface area contributed by atoms with E-state index in [1.807, 2.05) is 0 Å². The fraction of sp³-hybridized carbons (Fsp3) is 0.897. The number of ketones is 1. The van der Waals surface area contributed by atoms with Crippen LogP contribution in [0.3, 0.4) is 0 Å². The van der Waals surface area contributed by atoms with Crippen LogP contribution >= 0.6 is 0 Å². The maximum Gasteiger partial charge on any atom is 0.172 e. The van der Waals surface area contributed by atoms with Crippen LogP contribution in [0.4, 0.5) is 0 Å². The van der Waals surface area contributed by atoms with Gasteiger partial charge in [0.15, 0.2) is 5.79 Å². The largest absolute Gasteiger partial charge is 0.375 e. The van der Waals surface area contributed by atoms with E-state index in [2.05, 4.69) is 33.8 Å². The molecule has 0 bridgehead atoms. The third kappa shape index (κ3) is 3.22. The minimum absolute atomic E-state index is 0.0113. The van der Waals surface area contributed by atoms with Gasteiger partial charge in [-0.05, 0) is 93.3 Å². The standard InChI is InChI=1S/C29H44O4/c1-5-14-31-26(2,3)24-11-10-22-21-9-8-20-17-28(32-15-16-33-28)13-12-27(20,4)25(21)23(30)18-29(22,24)19-6-7-19/h8,19,21-22,24-25H,5-7,9-18H2,1-4H3. The molecule has 33 heavy (non-hydrogen) atoms. The molecule has 4 heteroatoms. The van der Waals surface area contributed by atoms with Gasteiger partial charge in [0.05, 0.1) is 18.8 Å². The van der Waals surface area contributed by atoms with Crippen molar-refractivity contribution < 1.29 is 19.0 Å². The molecule has 0 amide bonds. The van der Waals surface area contributed by atoms with Crippen molar-refractivity contribution in [2.24, 2.45) is 40.4 Å². The van der Waals surface area contributed by atoms with Crippen molar-refractivity contribution in [3.05, 3.63) is 11.6 Å². The second-order valence-electron chi connectivity index (χ2n) is 13.0. The van der Waals surface area contributed by atoms with Crippen molar-refractivity contribution in [3.8, 4) is 0 Å². The summed E-state index contributed by atoms with van der Waals surface area (Å²) in [5, 5.41) is 0. The molecule has 1 saturated heterocycles. The summed E-state index contributed by atoms with van der Waals surface area (Å²) in [6.45, 7) is 11.5. The van der Waals surface area contributed by atoms with Crippen LogP contribution in [-0.4, -0.2) is 37.0 Å². The van der Waals surface area contributed by atoms with E-state index in [9.17, 15) is 4.79 Å². The van der Waals surface area contributed by atoms with Gasteiger partial charge in [-0.2, -0.15) is 0 Å². The van der Waals surface area contributed by atoms with E-state index in [1.165, 1.54) is 31.3 Å². The van der Waals surface area contributed by atoms with Crippen LogP contribution in [0.2, 0.25) is 0 Å². The predicted octanol–water partition coefficient (Wildman–Crippen LogP) is 6.08. The Balaban J connectivity index is 1.34. The first-order chi connectivity index (χ1) is 15.8. The zero-order chi connectivity index (χ0) is 23.1. The summed E-state index contributed by atoms with van der Waals surface area (Å²) in [5.41, 5.74) is 1.47. The Morgan fingerprint density at radius 2 is 1.85 bits per heavy atom. The van der Waals surface area contributed by atoms with Crippen molar-refractivity contribution >= 4 is 5.78 Å². The molecule has 1 aliphatic heterocycles. The molecule has 184 valence electrons. The van der Waals surface area contributed by atoms with E-state index < -0.39 is 5.79 Å². The van der Waals surface area contributed by atoms with Crippen molar-refractivity contribution in [2.45, 2.75) is 103 Å². The molecule has 5 aliphatic carbocycles. The molecule has 0 radical (unpaired) electrons. The Morgan fingerprint density at radius 1 is 1.09 bits per heavy atom. The summed E-state index contributed by atoms with van der Waals surface area (Å²) < 4.78 is 18.7. The van der Waals surface area contributed by atoms with Gasteiger partial charge in [-0.3, -0.25) is 4.79 Å². The quantitative estimate of drug-likeness (QED) is 0.470. The van der Waals surface area contributed by atoms with Gasteiger partial charge in [0.25, 0.3) is 0 Å². The second-order valence-corrected chi connectivity index (χ2v) is 13.0. The number of hydrogen-bond acceptors (Lipinski definition) is 4. The molecule has 1 spiro atoms. The lowest BCUT2D eigenvalue weighted by Gasteiger charge is -2.59. The molecular formula is C29H44O4. The zero-order valence-corrected chi connectivity index (χ0v) is 21.3. The van der Waals surface area contributed by atoms with Crippen LogP contribution in [0.1, 0.15) is 91.9 Å². The van der Waals surface area contributed by atoms with Gasteiger partial charge < -0.3 is 14.2 Å². The first-order valence-corrected chi connectivity index (χ1v) is 13.9. The molecule has 0 N–H and O–H groups in total. The molecule has 0 aromatic carbocycles. The molecule has 6 aliphatic rings. The Bertz CT molecular complexity index is 835. The van der Waals surface area contributed by atoms with Crippen molar-refractivity contribution in [1.82, 2.24) is 0 Å². The number of carbonyl (C=O) groups excluding carboxylic acids is 1. The molecule has 4 saturated carbocycles. The number of carbonyl (C=O) groups is 1. The summed E-state index contributed by atoms with van der Waals surface area (Å²) in [6, 6.07) is 0. The average Bonchev–Trinajstić information content (AvgIpc) is 3.42. The van der Waals surface area contributed by atoms with E-state index in [0.29, 0.717) is 36.8 Å². The maximum absolute atomic E-state index is 14.2. The average molecular weight is 457 g/mol. The Kier molecular flexibility index (Phi) is 5.27. The highest BCUT2D eigenvalue weighted by molar-refractivity contribution is 5.85. The van der Waals surface area contributed by atoms with Crippen LogP contribution in [0.5, 0.6) is 0 Å². The van der Waals surface area contributed by atoms with Crippen molar-refractivity contribution in [1.29, 1.82) is 0 Å². The molecule has 0 aromatic rings. The van der Waals surface area contributed by atoms with Crippen LogP contribution in [-0.2, 0) is 19.0 Å². The number of fused-ring (bicyclic) bond motifs is 5. The Morgan fingerprint density at radius 3 is 2.55 bits per heavy atom. The number of ether oxygens (including phenoxy) is 3. The summed E-state index contributed by atoms with van der Waals surface area (Å²) in [6.07, 6.45) is 13.4. The lowest BCUT2D eigenvalue weighted by Crippen LogP contribution is -2.59. The Labute approximate surface area is 200 Å². The van der Waals surface area contributed by atoms with Gasteiger partial charge in [-0.1, -0.05) is 25.5 Å². The molecule has 6 atom stereocenters.